The zero-order valence-electron chi connectivity index (χ0n) is 7.18. The summed E-state index contributed by atoms with van der Waals surface area (Å²) in [6.07, 6.45) is 3.29. The second kappa shape index (κ2) is 4.02. The second-order valence-corrected chi connectivity index (χ2v) is 2.97. The van der Waals surface area contributed by atoms with E-state index in [2.05, 4.69) is 20.2 Å². The second-order valence-electron chi connectivity index (χ2n) is 2.56. The highest BCUT2D eigenvalue weighted by molar-refractivity contribution is 6.32. The van der Waals surface area contributed by atoms with E-state index in [0.717, 1.165) is 0 Å². The van der Waals surface area contributed by atoms with Crippen molar-refractivity contribution in [2.75, 3.05) is 0 Å². The standard InChI is InChI=1S/C9H7ClN4/c10-7-3-1-2-4-8(7)13-14-9-11-5-6-12-9/h1-6H,(H,11,12)/b14-13+. The van der Waals surface area contributed by atoms with Crippen molar-refractivity contribution in [1.29, 1.82) is 0 Å². The van der Waals surface area contributed by atoms with Crippen LogP contribution in [-0.2, 0) is 0 Å². The van der Waals surface area contributed by atoms with Gasteiger partial charge in [0, 0.05) is 12.4 Å². The first-order valence-corrected chi connectivity index (χ1v) is 4.40. The number of hydrogen-bond donors (Lipinski definition) is 1. The number of aromatic nitrogens is 2. The Balaban J connectivity index is 2.23. The molecular formula is C9H7ClN4. The molecule has 5 heteroatoms. The third-order valence-corrected chi connectivity index (χ3v) is 1.91. The minimum absolute atomic E-state index is 0.463. The number of hydrogen-bond acceptors (Lipinski definition) is 3. The monoisotopic (exact) mass is 206 g/mol. The molecule has 0 bridgehead atoms. The SMILES string of the molecule is Clc1ccccc1/N=N/c1ncc[nH]1. The summed E-state index contributed by atoms with van der Waals surface area (Å²) in [6, 6.07) is 7.24. The van der Waals surface area contributed by atoms with Crippen molar-refractivity contribution in [1.82, 2.24) is 9.97 Å². The lowest BCUT2D eigenvalue weighted by Gasteiger charge is -1.93. The molecule has 0 saturated carbocycles. The zero-order chi connectivity index (χ0) is 9.80. The number of nitrogens with zero attached hydrogens (tertiary/aromatic N) is 3. The lowest BCUT2D eigenvalue weighted by atomic mass is 10.3. The van der Waals surface area contributed by atoms with Crippen LogP contribution in [0.5, 0.6) is 0 Å². The molecule has 0 amide bonds. The number of azo groups is 1. The number of benzene rings is 1. The van der Waals surface area contributed by atoms with Crippen LogP contribution < -0.4 is 0 Å². The van der Waals surface area contributed by atoms with E-state index in [-0.39, 0.29) is 0 Å². The molecule has 1 heterocycles. The van der Waals surface area contributed by atoms with Gasteiger partial charge in [-0.3, -0.25) is 0 Å². The van der Waals surface area contributed by atoms with Crippen LogP contribution >= 0.6 is 11.6 Å². The van der Waals surface area contributed by atoms with Gasteiger partial charge in [-0.25, -0.2) is 4.98 Å². The van der Waals surface area contributed by atoms with Gasteiger partial charge in [0.15, 0.2) is 0 Å². The topological polar surface area (TPSA) is 53.4 Å². The predicted octanol–water partition coefficient (Wildman–Crippen LogP) is 3.48. The Bertz CT molecular complexity index is 436. The Labute approximate surface area is 85.7 Å². The molecule has 0 unspecified atom stereocenters. The number of rotatable bonds is 2. The van der Waals surface area contributed by atoms with Gasteiger partial charge < -0.3 is 4.98 Å². The highest BCUT2D eigenvalue weighted by Gasteiger charge is 1.96. The lowest BCUT2D eigenvalue weighted by molar-refractivity contribution is 1.12. The van der Waals surface area contributed by atoms with Crippen molar-refractivity contribution in [2.45, 2.75) is 0 Å². The molecule has 0 radical (unpaired) electrons. The summed E-state index contributed by atoms with van der Waals surface area (Å²) in [5, 5.41) is 8.39. The molecule has 0 aliphatic heterocycles. The van der Waals surface area contributed by atoms with Gasteiger partial charge in [0.2, 0.25) is 5.95 Å². The van der Waals surface area contributed by atoms with Crippen LogP contribution in [-0.4, -0.2) is 9.97 Å². The van der Waals surface area contributed by atoms with Gasteiger partial charge in [0.25, 0.3) is 0 Å². The van der Waals surface area contributed by atoms with Gasteiger partial charge in [0.05, 0.1) is 5.02 Å². The molecule has 1 aromatic heterocycles. The van der Waals surface area contributed by atoms with Crippen molar-refractivity contribution < 1.29 is 0 Å². The summed E-state index contributed by atoms with van der Waals surface area (Å²) in [5.41, 5.74) is 0.630. The quantitative estimate of drug-likeness (QED) is 0.752. The molecule has 2 rings (SSSR count). The van der Waals surface area contributed by atoms with Gasteiger partial charge >= 0.3 is 0 Å². The molecular weight excluding hydrogens is 200 g/mol. The number of H-pyrrole nitrogens is 1. The number of halogens is 1. The normalized spacial score (nSPS) is 10.9. The lowest BCUT2D eigenvalue weighted by Crippen LogP contribution is -1.67. The van der Waals surface area contributed by atoms with Gasteiger partial charge in [-0.1, -0.05) is 23.7 Å². The van der Waals surface area contributed by atoms with E-state index >= 15 is 0 Å². The average Bonchev–Trinajstić information content (AvgIpc) is 2.69. The molecule has 0 spiro atoms. The van der Waals surface area contributed by atoms with E-state index in [4.69, 9.17) is 11.6 Å². The minimum atomic E-state index is 0.463. The molecule has 0 saturated heterocycles. The summed E-state index contributed by atoms with van der Waals surface area (Å²) in [5.74, 6) is 0.463. The Hall–Kier alpha value is -1.68. The van der Waals surface area contributed by atoms with E-state index in [1.807, 2.05) is 12.1 Å². The fourth-order valence-electron chi connectivity index (χ4n) is 0.946. The Morgan fingerprint density at radius 1 is 1.21 bits per heavy atom. The Morgan fingerprint density at radius 2 is 2.07 bits per heavy atom. The van der Waals surface area contributed by atoms with Crippen LogP contribution in [0, 0.1) is 0 Å². The fourth-order valence-corrected chi connectivity index (χ4v) is 1.12. The van der Waals surface area contributed by atoms with E-state index in [1.165, 1.54) is 0 Å². The first-order valence-electron chi connectivity index (χ1n) is 4.02. The van der Waals surface area contributed by atoms with Crippen LogP contribution in [0.2, 0.25) is 5.02 Å². The van der Waals surface area contributed by atoms with Crippen LogP contribution in [0.15, 0.2) is 46.9 Å². The minimum Gasteiger partial charge on any atom is -0.328 e. The average molecular weight is 207 g/mol. The predicted molar refractivity (Wildman–Crippen MR) is 54.2 cm³/mol. The summed E-state index contributed by atoms with van der Waals surface area (Å²) in [4.78, 5) is 6.71. The zero-order valence-corrected chi connectivity index (χ0v) is 7.94. The van der Waals surface area contributed by atoms with Crippen LogP contribution in [0.1, 0.15) is 0 Å². The summed E-state index contributed by atoms with van der Waals surface area (Å²) >= 11 is 5.88. The van der Waals surface area contributed by atoms with Gasteiger partial charge in [-0.2, -0.15) is 0 Å². The third-order valence-electron chi connectivity index (χ3n) is 1.59. The number of aromatic amines is 1. The molecule has 70 valence electrons. The summed E-state index contributed by atoms with van der Waals surface area (Å²) in [7, 11) is 0. The van der Waals surface area contributed by atoms with E-state index in [1.54, 1.807) is 24.5 Å². The maximum atomic E-state index is 5.88. The number of imidazole rings is 1. The molecule has 14 heavy (non-hydrogen) atoms. The van der Waals surface area contributed by atoms with E-state index in [9.17, 15) is 0 Å². The van der Waals surface area contributed by atoms with Gasteiger partial charge in [-0.05, 0) is 12.1 Å². The van der Waals surface area contributed by atoms with Crippen molar-refractivity contribution in [3.05, 3.63) is 41.7 Å². The maximum absolute atomic E-state index is 5.88. The fraction of sp³-hybridized carbons (Fsp3) is 0. The van der Waals surface area contributed by atoms with Gasteiger partial charge in [0.1, 0.15) is 5.69 Å². The van der Waals surface area contributed by atoms with Crippen molar-refractivity contribution in [3.8, 4) is 0 Å². The molecule has 2 aromatic rings. The van der Waals surface area contributed by atoms with Crippen LogP contribution in [0.3, 0.4) is 0 Å². The third kappa shape index (κ3) is 1.97. The molecule has 0 fully saturated rings. The molecule has 0 atom stereocenters. The smallest absolute Gasteiger partial charge is 0.246 e. The van der Waals surface area contributed by atoms with Gasteiger partial charge in [-0.15, -0.1) is 10.2 Å². The van der Waals surface area contributed by atoms with Crippen LogP contribution in [0.4, 0.5) is 11.6 Å². The van der Waals surface area contributed by atoms with E-state index in [0.29, 0.717) is 16.7 Å². The molecule has 0 aliphatic carbocycles. The van der Waals surface area contributed by atoms with E-state index < -0.39 is 0 Å². The summed E-state index contributed by atoms with van der Waals surface area (Å²) < 4.78 is 0. The molecule has 4 nitrogen and oxygen atoms in total. The van der Waals surface area contributed by atoms with Crippen molar-refractivity contribution in [3.63, 3.8) is 0 Å². The van der Waals surface area contributed by atoms with Crippen LogP contribution in [0.25, 0.3) is 0 Å². The number of nitrogens with one attached hydrogen (secondary N) is 1. The largest absolute Gasteiger partial charge is 0.328 e. The van der Waals surface area contributed by atoms with Crippen molar-refractivity contribution in [2.24, 2.45) is 10.2 Å². The summed E-state index contributed by atoms with van der Waals surface area (Å²) in [6.45, 7) is 0. The molecule has 0 aliphatic rings. The molecule has 1 aromatic carbocycles. The first-order chi connectivity index (χ1) is 6.86. The highest BCUT2D eigenvalue weighted by atomic mass is 35.5. The first kappa shape index (κ1) is 8.90. The Morgan fingerprint density at radius 3 is 2.79 bits per heavy atom. The Kier molecular flexibility index (Phi) is 2.55. The molecule has 1 N–H and O–H groups in total. The van der Waals surface area contributed by atoms with Crippen molar-refractivity contribution >= 4 is 23.2 Å². The maximum Gasteiger partial charge on any atom is 0.246 e. The highest BCUT2D eigenvalue weighted by Crippen LogP contribution is 2.24.